The first-order valence-electron chi connectivity index (χ1n) is 7.04. The van der Waals surface area contributed by atoms with Gasteiger partial charge in [0.25, 0.3) is 5.91 Å². The molecule has 2 aromatic carbocycles. The quantitative estimate of drug-likeness (QED) is 0.704. The molecule has 0 spiro atoms. The van der Waals surface area contributed by atoms with Crippen LogP contribution in [0, 0.1) is 0 Å². The average Bonchev–Trinajstić information content (AvgIpc) is 2.60. The van der Waals surface area contributed by atoms with Gasteiger partial charge in [0.2, 0.25) is 5.95 Å². The molecule has 3 aromatic rings. The van der Waals surface area contributed by atoms with E-state index in [1.807, 2.05) is 30.3 Å². The van der Waals surface area contributed by atoms with Crippen molar-refractivity contribution in [1.82, 2.24) is 9.97 Å². The summed E-state index contributed by atoms with van der Waals surface area (Å²) in [7, 11) is 0. The Morgan fingerprint density at radius 3 is 2.54 bits per heavy atom. The van der Waals surface area contributed by atoms with E-state index in [1.54, 1.807) is 18.2 Å². The first-order chi connectivity index (χ1) is 11.6. The summed E-state index contributed by atoms with van der Waals surface area (Å²) in [5.74, 6) is -0.0799. The molecule has 1 aromatic heterocycles. The first-order valence-corrected chi connectivity index (χ1v) is 7.79. The second-order valence-electron chi connectivity index (χ2n) is 4.81. The molecular formula is C17H12Cl2N4O. The van der Waals surface area contributed by atoms with E-state index >= 15 is 0 Å². The van der Waals surface area contributed by atoms with E-state index in [4.69, 9.17) is 23.2 Å². The molecule has 0 aliphatic carbocycles. The van der Waals surface area contributed by atoms with Crippen LogP contribution >= 0.6 is 23.2 Å². The van der Waals surface area contributed by atoms with Crippen molar-refractivity contribution in [1.29, 1.82) is 0 Å². The lowest BCUT2D eigenvalue weighted by Crippen LogP contribution is -2.15. The van der Waals surface area contributed by atoms with Crippen molar-refractivity contribution in [3.05, 3.63) is 76.5 Å². The number of benzene rings is 2. The van der Waals surface area contributed by atoms with E-state index in [0.717, 1.165) is 5.69 Å². The zero-order valence-electron chi connectivity index (χ0n) is 12.3. The topological polar surface area (TPSA) is 66.9 Å². The van der Waals surface area contributed by atoms with Gasteiger partial charge in [-0.2, -0.15) is 0 Å². The van der Waals surface area contributed by atoms with Crippen molar-refractivity contribution in [2.24, 2.45) is 0 Å². The van der Waals surface area contributed by atoms with E-state index in [-0.39, 0.29) is 10.7 Å². The zero-order valence-corrected chi connectivity index (χ0v) is 13.8. The molecular weight excluding hydrogens is 347 g/mol. The second kappa shape index (κ2) is 7.29. The van der Waals surface area contributed by atoms with E-state index < -0.39 is 5.91 Å². The fourth-order valence-electron chi connectivity index (χ4n) is 1.98. The number of halogens is 2. The van der Waals surface area contributed by atoms with Crippen molar-refractivity contribution < 1.29 is 4.79 Å². The number of hydrogen-bond donors (Lipinski definition) is 2. The minimum absolute atomic E-state index is 0.208. The molecule has 0 unspecified atom stereocenters. The van der Waals surface area contributed by atoms with Crippen molar-refractivity contribution in [2.45, 2.75) is 0 Å². The summed E-state index contributed by atoms with van der Waals surface area (Å²) in [6.45, 7) is 0. The standard InChI is InChI=1S/C17H12Cl2N4O/c18-12-7-4-8-13(15(12)19)22-16(24)14-9-10-20-17(23-14)21-11-5-2-1-3-6-11/h1-10H,(H,22,24)(H,20,21,23). The van der Waals surface area contributed by atoms with Gasteiger partial charge in [0, 0.05) is 11.9 Å². The van der Waals surface area contributed by atoms with E-state index in [9.17, 15) is 4.79 Å². The van der Waals surface area contributed by atoms with Crippen LogP contribution in [0.3, 0.4) is 0 Å². The van der Waals surface area contributed by atoms with Crippen LogP contribution < -0.4 is 10.6 Å². The predicted octanol–water partition coefficient (Wildman–Crippen LogP) is 4.78. The van der Waals surface area contributed by atoms with Gasteiger partial charge in [-0.3, -0.25) is 4.79 Å². The summed E-state index contributed by atoms with van der Waals surface area (Å²) in [6, 6.07) is 16.0. The minimum atomic E-state index is -0.405. The third-order valence-corrected chi connectivity index (χ3v) is 3.94. The highest BCUT2D eigenvalue weighted by atomic mass is 35.5. The molecule has 0 atom stereocenters. The number of amides is 1. The molecule has 24 heavy (non-hydrogen) atoms. The van der Waals surface area contributed by atoms with E-state index in [1.165, 1.54) is 12.3 Å². The number of rotatable bonds is 4. The summed E-state index contributed by atoms with van der Waals surface area (Å²) in [4.78, 5) is 20.7. The minimum Gasteiger partial charge on any atom is -0.324 e. The molecule has 1 amide bonds. The molecule has 1 heterocycles. The lowest BCUT2D eigenvalue weighted by Gasteiger charge is -2.09. The summed E-state index contributed by atoms with van der Waals surface area (Å²) in [5.41, 5.74) is 1.46. The molecule has 5 nitrogen and oxygen atoms in total. The van der Waals surface area contributed by atoms with Crippen LogP contribution in [-0.2, 0) is 0 Å². The van der Waals surface area contributed by atoms with Gasteiger partial charge in [0.15, 0.2) is 0 Å². The third kappa shape index (κ3) is 3.82. The fourth-order valence-corrected chi connectivity index (χ4v) is 2.33. The highest BCUT2D eigenvalue weighted by Crippen LogP contribution is 2.29. The molecule has 2 N–H and O–H groups in total. The largest absolute Gasteiger partial charge is 0.324 e. The van der Waals surface area contributed by atoms with Crippen LogP contribution in [0.15, 0.2) is 60.8 Å². The molecule has 0 fully saturated rings. The predicted molar refractivity (Wildman–Crippen MR) is 96.2 cm³/mol. The van der Waals surface area contributed by atoms with Crippen LogP contribution in [0.25, 0.3) is 0 Å². The number of aromatic nitrogens is 2. The van der Waals surface area contributed by atoms with Crippen molar-refractivity contribution in [2.75, 3.05) is 10.6 Å². The SMILES string of the molecule is O=C(Nc1cccc(Cl)c1Cl)c1ccnc(Nc2ccccc2)n1. The highest BCUT2D eigenvalue weighted by molar-refractivity contribution is 6.44. The lowest BCUT2D eigenvalue weighted by molar-refractivity contribution is 0.102. The Morgan fingerprint density at radius 2 is 1.75 bits per heavy atom. The molecule has 7 heteroatoms. The monoisotopic (exact) mass is 358 g/mol. The molecule has 120 valence electrons. The normalized spacial score (nSPS) is 10.2. The maximum Gasteiger partial charge on any atom is 0.274 e. The second-order valence-corrected chi connectivity index (χ2v) is 5.60. The van der Waals surface area contributed by atoms with Crippen LogP contribution in [0.4, 0.5) is 17.3 Å². The van der Waals surface area contributed by atoms with Crippen LogP contribution in [-0.4, -0.2) is 15.9 Å². The smallest absolute Gasteiger partial charge is 0.274 e. The van der Waals surface area contributed by atoms with Gasteiger partial charge in [-0.05, 0) is 30.3 Å². The zero-order chi connectivity index (χ0) is 16.9. The Balaban J connectivity index is 1.78. The van der Waals surface area contributed by atoms with Gasteiger partial charge in [-0.1, -0.05) is 47.5 Å². The molecule has 0 aliphatic heterocycles. The number of anilines is 3. The first kappa shape index (κ1) is 16.2. The number of nitrogens with zero attached hydrogens (tertiary/aromatic N) is 2. The Labute approximate surface area is 148 Å². The van der Waals surface area contributed by atoms with Crippen molar-refractivity contribution >= 4 is 46.4 Å². The van der Waals surface area contributed by atoms with Crippen molar-refractivity contribution in [3.63, 3.8) is 0 Å². The fraction of sp³-hybridized carbons (Fsp3) is 0. The van der Waals surface area contributed by atoms with Gasteiger partial charge >= 0.3 is 0 Å². The van der Waals surface area contributed by atoms with Gasteiger partial charge < -0.3 is 10.6 Å². The molecule has 0 bridgehead atoms. The average molecular weight is 359 g/mol. The summed E-state index contributed by atoms with van der Waals surface area (Å²) >= 11 is 12.0. The summed E-state index contributed by atoms with van der Waals surface area (Å²) in [5, 5.41) is 6.37. The summed E-state index contributed by atoms with van der Waals surface area (Å²) < 4.78 is 0. The molecule has 0 aliphatic rings. The van der Waals surface area contributed by atoms with Gasteiger partial charge in [0.05, 0.1) is 15.7 Å². The summed E-state index contributed by atoms with van der Waals surface area (Å²) in [6.07, 6.45) is 1.51. The Morgan fingerprint density at radius 1 is 0.958 bits per heavy atom. The number of nitrogens with one attached hydrogen (secondary N) is 2. The maximum absolute atomic E-state index is 12.4. The number of para-hydroxylation sites is 1. The molecule has 3 rings (SSSR count). The van der Waals surface area contributed by atoms with Crippen molar-refractivity contribution in [3.8, 4) is 0 Å². The van der Waals surface area contributed by atoms with Gasteiger partial charge in [-0.15, -0.1) is 0 Å². The Hall–Kier alpha value is -2.63. The van der Waals surface area contributed by atoms with Crippen LogP contribution in [0.1, 0.15) is 10.5 Å². The molecule has 0 radical (unpaired) electrons. The molecule has 0 saturated carbocycles. The van der Waals surface area contributed by atoms with Gasteiger partial charge in [0.1, 0.15) is 5.69 Å². The lowest BCUT2D eigenvalue weighted by atomic mass is 10.3. The van der Waals surface area contributed by atoms with Crippen LogP contribution in [0.2, 0.25) is 10.0 Å². The molecule has 0 saturated heterocycles. The maximum atomic E-state index is 12.4. The van der Waals surface area contributed by atoms with Gasteiger partial charge in [-0.25, -0.2) is 9.97 Å². The third-order valence-electron chi connectivity index (χ3n) is 3.12. The van der Waals surface area contributed by atoms with E-state index in [0.29, 0.717) is 16.7 Å². The number of carbonyl (C=O) groups excluding carboxylic acids is 1. The Bertz CT molecular complexity index is 871. The Kier molecular flexibility index (Phi) is 4.93. The number of hydrogen-bond acceptors (Lipinski definition) is 4. The highest BCUT2D eigenvalue weighted by Gasteiger charge is 2.12. The van der Waals surface area contributed by atoms with E-state index in [2.05, 4.69) is 20.6 Å². The number of carbonyl (C=O) groups is 1. The van der Waals surface area contributed by atoms with Crippen LogP contribution in [0.5, 0.6) is 0 Å².